The minimum atomic E-state index is -0.610. The molecule has 1 saturated carbocycles. The molecule has 2 fully saturated rings. The van der Waals surface area contributed by atoms with Gasteiger partial charge in [0.25, 0.3) is 0 Å². The van der Waals surface area contributed by atoms with Crippen LogP contribution in [0.4, 0.5) is 10.5 Å². The lowest BCUT2D eigenvalue weighted by Gasteiger charge is -2.50. The van der Waals surface area contributed by atoms with Gasteiger partial charge < -0.3 is 9.47 Å². The van der Waals surface area contributed by atoms with Crippen LogP contribution in [0.3, 0.4) is 0 Å². The van der Waals surface area contributed by atoms with E-state index in [1.807, 2.05) is 18.2 Å². The van der Waals surface area contributed by atoms with Gasteiger partial charge in [0.2, 0.25) is 0 Å². The van der Waals surface area contributed by atoms with E-state index in [0.717, 1.165) is 31.4 Å². The number of carbonyl (C=O) groups excluding carboxylic acids is 1. The summed E-state index contributed by atoms with van der Waals surface area (Å²) in [5.41, 5.74) is 1.35. The predicted octanol–water partition coefficient (Wildman–Crippen LogP) is 3.61. The number of fused-ring (bicyclic) bond motifs is 1. The quantitative estimate of drug-likeness (QED) is 0.744. The van der Waals surface area contributed by atoms with Gasteiger partial charge in [0.1, 0.15) is 0 Å². The molecule has 4 heteroatoms. The molecule has 4 nitrogen and oxygen atoms in total. The van der Waals surface area contributed by atoms with E-state index >= 15 is 0 Å². The molecule has 3 atom stereocenters. The smallest absolute Gasteiger partial charge is 0.416 e. The predicted molar refractivity (Wildman–Crippen MR) is 83.8 cm³/mol. The van der Waals surface area contributed by atoms with Gasteiger partial charge in [0, 0.05) is 0 Å². The van der Waals surface area contributed by atoms with Crippen LogP contribution in [0.1, 0.15) is 31.2 Å². The number of carbonyl (C=O) groups is 1. The molecule has 0 radical (unpaired) electrons. The zero-order valence-electron chi connectivity index (χ0n) is 12.9. The number of allylic oxidation sites excluding steroid dienone is 1. The van der Waals surface area contributed by atoms with E-state index in [4.69, 9.17) is 9.47 Å². The number of ether oxygens (including phenoxy) is 2. The first-order chi connectivity index (χ1) is 10.7. The van der Waals surface area contributed by atoms with Crippen molar-refractivity contribution in [1.82, 2.24) is 0 Å². The van der Waals surface area contributed by atoms with Crippen molar-refractivity contribution < 1.29 is 14.3 Å². The summed E-state index contributed by atoms with van der Waals surface area (Å²) >= 11 is 0. The minimum Gasteiger partial charge on any atom is -0.452 e. The molecule has 2 heterocycles. The van der Waals surface area contributed by atoms with Crippen molar-refractivity contribution in [2.75, 3.05) is 18.6 Å². The van der Waals surface area contributed by atoms with Gasteiger partial charge in [0.15, 0.2) is 5.72 Å². The summed E-state index contributed by atoms with van der Waals surface area (Å²) in [5.74, 6) is 0.319. The maximum absolute atomic E-state index is 12.6. The highest BCUT2D eigenvalue weighted by Gasteiger charge is 2.70. The second-order valence-corrected chi connectivity index (χ2v) is 6.41. The third-order valence-corrected chi connectivity index (χ3v) is 5.83. The Bertz CT molecular complexity index is 643. The molecule has 0 bridgehead atoms. The molecule has 0 N–H and O–H groups in total. The fraction of sp³-hybridized carbons (Fsp3) is 0.500. The number of nitrogens with zero attached hydrogens (tertiary/aromatic N) is 1. The Labute approximate surface area is 130 Å². The van der Waals surface area contributed by atoms with E-state index in [0.29, 0.717) is 12.5 Å². The normalized spacial score (nSPS) is 35.5. The molecule has 1 saturated heterocycles. The van der Waals surface area contributed by atoms with Gasteiger partial charge in [-0.05, 0) is 43.2 Å². The number of rotatable bonds is 1. The number of para-hydroxylation sites is 1. The Balaban J connectivity index is 2.01. The lowest BCUT2D eigenvalue weighted by molar-refractivity contribution is -0.0617. The maximum Gasteiger partial charge on any atom is 0.416 e. The first-order valence-electron chi connectivity index (χ1n) is 7.95. The number of amides is 1. The second-order valence-electron chi connectivity index (χ2n) is 6.41. The summed E-state index contributed by atoms with van der Waals surface area (Å²) in [7, 11) is 1.43. The number of benzene rings is 1. The average Bonchev–Trinajstić information content (AvgIpc) is 3.05. The highest BCUT2D eigenvalue weighted by atomic mass is 16.6. The fourth-order valence-corrected chi connectivity index (χ4v) is 5.10. The van der Waals surface area contributed by atoms with Crippen LogP contribution >= 0.6 is 0 Å². The number of hydrogen-bond acceptors (Lipinski definition) is 3. The van der Waals surface area contributed by atoms with Gasteiger partial charge in [-0.3, -0.25) is 0 Å². The van der Waals surface area contributed by atoms with Crippen molar-refractivity contribution in [2.24, 2.45) is 5.92 Å². The van der Waals surface area contributed by atoms with Crippen molar-refractivity contribution in [3.63, 3.8) is 0 Å². The molecule has 1 aromatic rings. The molecule has 0 unspecified atom stereocenters. The number of hydrogen-bond donors (Lipinski definition) is 0. The molecule has 0 aromatic heterocycles. The number of methoxy groups -OCH3 is 1. The monoisotopic (exact) mass is 299 g/mol. The van der Waals surface area contributed by atoms with Gasteiger partial charge in [-0.15, -0.1) is 6.58 Å². The average molecular weight is 299 g/mol. The summed E-state index contributed by atoms with van der Waals surface area (Å²) < 4.78 is 11.4. The van der Waals surface area contributed by atoms with Crippen molar-refractivity contribution in [3.05, 3.63) is 42.5 Å². The van der Waals surface area contributed by atoms with E-state index in [2.05, 4.69) is 18.7 Å². The summed E-state index contributed by atoms with van der Waals surface area (Å²) in [5, 5.41) is 0. The van der Waals surface area contributed by atoms with Gasteiger partial charge in [-0.25, -0.2) is 9.69 Å². The van der Waals surface area contributed by atoms with Crippen molar-refractivity contribution in [3.8, 4) is 0 Å². The van der Waals surface area contributed by atoms with Crippen LogP contribution < -0.4 is 4.90 Å². The maximum atomic E-state index is 12.6. The third kappa shape index (κ3) is 1.35. The Morgan fingerprint density at radius 3 is 3.05 bits per heavy atom. The van der Waals surface area contributed by atoms with E-state index in [-0.39, 0.29) is 11.5 Å². The largest absolute Gasteiger partial charge is 0.452 e. The third-order valence-electron chi connectivity index (χ3n) is 5.83. The summed E-state index contributed by atoms with van der Waals surface area (Å²) in [6.45, 7) is 4.74. The summed E-state index contributed by atoms with van der Waals surface area (Å²) in [6.07, 6.45) is 5.62. The minimum absolute atomic E-state index is 0.183. The van der Waals surface area contributed by atoms with Crippen LogP contribution in [0.2, 0.25) is 0 Å². The van der Waals surface area contributed by atoms with E-state index < -0.39 is 5.72 Å². The first kappa shape index (κ1) is 13.8. The molecule has 2 aliphatic heterocycles. The summed E-state index contributed by atoms with van der Waals surface area (Å²) in [6, 6.07) is 8.16. The lowest BCUT2D eigenvalue weighted by atomic mass is 9.59. The van der Waals surface area contributed by atoms with Crippen LogP contribution in [-0.2, 0) is 14.9 Å². The zero-order chi connectivity index (χ0) is 15.4. The van der Waals surface area contributed by atoms with Gasteiger partial charge in [-0.1, -0.05) is 24.3 Å². The Morgan fingerprint density at radius 2 is 2.27 bits per heavy atom. The van der Waals surface area contributed by atoms with Gasteiger partial charge in [0.05, 0.1) is 24.8 Å². The standard InChI is InChI=1S/C18H21NO3/c1-3-13-7-6-10-18-17(13,11-12-22-18)14-8-4-5-9-15(14)19(18)16(20)21-2/h3-5,8-9,13H,1,6-7,10-12H2,2H3/t13-,17+,18-/m1/s1. The molecular formula is C18H21NO3. The van der Waals surface area contributed by atoms with Crippen LogP contribution in [0.5, 0.6) is 0 Å². The topological polar surface area (TPSA) is 38.8 Å². The molecule has 3 aliphatic rings. The molecule has 116 valence electrons. The van der Waals surface area contributed by atoms with E-state index in [9.17, 15) is 4.79 Å². The van der Waals surface area contributed by atoms with Gasteiger partial charge in [-0.2, -0.15) is 0 Å². The Kier molecular flexibility index (Phi) is 2.89. The zero-order valence-corrected chi connectivity index (χ0v) is 12.9. The highest BCUT2D eigenvalue weighted by Crippen LogP contribution is 2.65. The van der Waals surface area contributed by atoms with Crippen molar-refractivity contribution in [1.29, 1.82) is 0 Å². The van der Waals surface area contributed by atoms with E-state index in [1.54, 1.807) is 4.90 Å². The Hall–Kier alpha value is -1.81. The molecular weight excluding hydrogens is 278 g/mol. The molecule has 0 spiro atoms. The van der Waals surface area contributed by atoms with Crippen molar-refractivity contribution >= 4 is 11.8 Å². The first-order valence-corrected chi connectivity index (χ1v) is 7.95. The molecule has 4 rings (SSSR count). The van der Waals surface area contributed by atoms with Gasteiger partial charge >= 0.3 is 6.09 Å². The van der Waals surface area contributed by atoms with Crippen LogP contribution in [-0.4, -0.2) is 25.5 Å². The highest BCUT2D eigenvalue weighted by molar-refractivity contribution is 5.94. The lowest BCUT2D eigenvalue weighted by Crippen LogP contribution is -2.62. The molecule has 1 aromatic carbocycles. The molecule has 1 aliphatic carbocycles. The molecule has 22 heavy (non-hydrogen) atoms. The van der Waals surface area contributed by atoms with Crippen molar-refractivity contribution in [2.45, 2.75) is 36.8 Å². The summed E-state index contributed by atoms with van der Waals surface area (Å²) in [4.78, 5) is 14.3. The van der Waals surface area contributed by atoms with Crippen LogP contribution in [0.15, 0.2) is 36.9 Å². The fourth-order valence-electron chi connectivity index (χ4n) is 5.10. The van der Waals surface area contributed by atoms with Crippen LogP contribution in [0, 0.1) is 5.92 Å². The Morgan fingerprint density at radius 1 is 1.45 bits per heavy atom. The molecule has 1 amide bonds. The van der Waals surface area contributed by atoms with Crippen LogP contribution in [0.25, 0.3) is 0 Å². The number of anilines is 1. The van der Waals surface area contributed by atoms with E-state index in [1.165, 1.54) is 12.7 Å². The SMILES string of the molecule is C=C[C@@H]1CCC[C@@]23OCC[C@@]12c1ccccc1N3C(=O)OC. The second kappa shape index (κ2) is 4.59.